The highest BCUT2D eigenvalue weighted by Crippen LogP contribution is 2.25. The first-order valence-corrected chi connectivity index (χ1v) is 7.59. The van der Waals surface area contributed by atoms with Gasteiger partial charge in [-0.1, -0.05) is 6.07 Å². The van der Waals surface area contributed by atoms with Crippen molar-refractivity contribution in [2.24, 2.45) is 0 Å². The number of carboxylic acid groups (broad SMARTS) is 1. The van der Waals surface area contributed by atoms with Gasteiger partial charge in [-0.2, -0.15) is 0 Å². The minimum absolute atomic E-state index is 0.105. The zero-order valence-electron chi connectivity index (χ0n) is 13.5. The third-order valence-electron chi connectivity index (χ3n) is 4.04. The Morgan fingerprint density at radius 1 is 1.48 bits per heavy atom. The number of hydrogen-bond acceptors (Lipinski definition) is 5. The highest BCUT2D eigenvalue weighted by atomic mass is 19.1. The molecule has 1 aliphatic heterocycles. The zero-order chi connectivity index (χ0) is 16.8. The molecule has 0 bridgehead atoms. The molecule has 0 spiro atoms. The summed E-state index contributed by atoms with van der Waals surface area (Å²) < 4.78 is 24.0. The van der Waals surface area contributed by atoms with E-state index in [1.807, 2.05) is 0 Å². The molecule has 1 atom stereocenters. The third kappa shape index (κ3) is 4.63. The predicted octanol–water partition coefficient (Wildman–Crippen LogP) is 1.22. The summed E-state index contributed by atoms with van der Waals surface area (Å²) in [6.45, 7) is 4.43. The molecule has 1 unspecified atom stereocenters. The van der Waals surface area contributed by atoms with E-state index < -0.39 is 17.8 Å². The Labute approximate surface area is 135 Å². The minimum atomic E-state index is -1.00. The lowest BCUT2D eigenvalue weighted by Gasteiger charge is -2.31. The molecule has 1 aliphatic rings. The van der Waals surface area contributed by atoms with Crippen LogP contribution >= 0.6 is 0 Å². The molecule has 128 valence electrons. The molecule has 7 heteroatoms. The van der Waals surface area contributed by atoms with Crippen LogP contribution in [0.4, 0.5) is 4.39 Å². The average molecular weight is 326 g/mol. The number of ether oxygens (including phenoxy) is 2. The molecule has 0 amide bonds. The second-order valence-electron chi connectivity index (χ2n) is 5.57. The van der Waals surface area contributed by atoms with Gasteiger partial charge in [0, 0.05) is 26.2 Å². The van der Waals surface area contributed by atoms with Gasteiger partial charge in [0.2, 0.25) is 0 Å². The molecule has 1 heterocycles. The maximum atomic E-state index is 13.9. The van der Waals surface area contributed by atoms with Crippen LogP contribution < -0.4 is 4.74 Å². The maximum Gasteiger partial charge on any atom is 0.325 e. The number of morpholine rings is 1. The third-order valence-corrected chi connectivity index (χ3v) is 4.04. The monoisotopic (exact) mass is 326 g/mol. The van der Waals surface area contributed by atoms with E-state index >= 15 is 0 Å². The lowest BCUT2D eigenvalue weighted by molar-refractivity contribution is -0.143. The van der Waals surface area contributed by atoms with E-state index in [0.29, 0.717) is 25.3 Å². The summed E-state index contributed by atoms with van der Waals surface area (Å²) in [5, 5.41) is 9.52. The first-order chi connectivity index (χ1) is 11.0. The average Bonchev–Trinajstić information content (AvgIpc) is 2.54. The van der Waals surface area contributed by atoms with Gasteiger partial charge in [0.1, 0.15) is 6.04 Å². The minimum Gasteiger partial charge on any atom is -0.494 e. The standard InChI is InChI=1S/C16H23FN2O4/c1-18(5-6-19-7-9-23-10-8-19)15(16(20)21)12-3-4-14(22-2)13(17)11-12/h3-4,11,15H,5-10H2,1-2H3,(H,20,21). The molecule has 0 aliphatic carbocycles. The van der Waals surface area contributed by atoms with Crippen LogP contribution in [0, 0.1) is 5.82 Å². The second-order valence-corrected chi connectivity index (χ2v) is 5.57. The normalized spacial score (nSPS) is 17.2. The van der Waals surface area contributed by atoms with Crippen LogP contribution in [-0.4, -0.2) is 74.4 Å². The van der Waals surface area contributed by atoms with Crippen molar-refractivity contribution in [2.45, 2.75) is 6.04 Å². The number of halogens is 1. The van der Waals surface area contributed by atoms with E-state index in [1.54, 1.807) is 18.0 Å². The van der Waals surface area contributed by atoms with Crippen LogP contribution in [0.3, 0.4) is 0 Å². The first-order valence-electron chi connectivity index (χ1n) is 7.59. The Bertz CT molecular complexity index is 535. The van der Waals surface area contributed by atoms with Crippen molar-refractivity contribution >= 4 is 5.97 Å². The van der Waals surface area contributed by atoms with Gasteiger partial charge in [0.05, 0.1) is 20.3 Å². The van der Waals surface area contributed by atoms with Crippen LogP contribution in [0.25, 0.3) is 0 Å². The molecule has 0 radical (unpaired) electrons. The number of aliphatic carboxylic acids is 1. The zero-order valence-corrected chi connectivity index (χ0v) is 13.5. The molecule has 1 saturated heterocycles. The fraction of sp³-hybridized carbons (Fsp3) is 0.562. The summed E-state index contributed by atoms with van der Waals surface area (Å²) in [4.78, 5) is 15.6. The highest BCUT2D eigenvalue weighted by molar-refractivity contribution is 5.75. The molecule has 23 heavy (non-hydrogen) atoms. The lowest BCUT2D eigenvalue weighted by Crippen LogP contribution is -2.42. The van der Waals surface area contributed by atoms with E-state index in [9.17, 15) is 14.3 Å². The molecular weight excluding hydrogens is 303 g/mol. The molecule has 1 N–H and O–H groups in total. The summed E-state index contributed by atoms with van der Waals surface area (Å²) in [5.41, 5.74) is 0.403. The van der Waals surface area contributed by atoms with Crippen LogP contribution in [0.1, 0.15) is 11.6 Å². The van der Waals surface area contributed by atoms with E-state index in [4.69, 9.17) is 9.47 Å². The highest BCUT2D eigenvalue weighted by Gasteiger charge is 2.26. The van der Waals surface area contributed by atoms with Gasteiger partial charge in [-0.3, -0.25) is 14.6 Å². The van der Waals surface area contributed by atoms with E-state index in [0.717, 1.165) is 19.6 Å². The van der Waals surface area contributed by atoms with Gasteiger partial charge in [-0.15, -0.1) is 0 Å². The van der Waals surface area contributed by atoms with Gasteiger partial charge in [-0.25, -0.2) is 4.39 Å². The molecule has 0 saturated carbocycles. The van der Waals surface area contributed by atoms with Gasteiger partial charge in [0.25, 0.3) is 0 Å². The summed E-state index contributed by atoms with van der Waals surface area (Å²) >= 11 is 0. The largest absolute Gasteiger partial charge is 0.494 e. The number of likely N-dealkylation sites (N-methyl/N-ethyl adjacent to an activating group) is 1. The van der Waals surface area contributed by atoms with E-state index in [1.165, 1.54) is 19.2 Å². The van der Waals surface area contributed by atoms with Crippen LogP contribution in [-0.2, 0) is 9.53 Å². The maximum absolute atomic E-state index is 13.9. The summed E-state index contributed by atoms with van der Waals surface area (Å²) in [6, 6.07) is 3.38. The van der Waals surface area contributed by atoms with Gasteiger partial charge in [-0.05, 0) is 24.7 Å². The number of nitrogens with zero attached hydrogens (tertiary/aromatic N) is 2. The van der Waals surface area contributed by atoms with Crippen molar-refractivity contribution in [3.8, 4) is 5.75 Å². The number of carboxylic acids is 1. The van der Waals surface area contributed by atoms with E-state index in [2.05, 4.69) is 4.90 Å². The van der Waals surface area contributed by atoms with Crippen molar-refractivity contribution in [1.29, 1.82) is 0 Å². The van der Waals surface area contributed by atoms with Crippen molar-refractivity contribution < 1.29 is 23.8 Å². The van der Waals surface area contributed by atoms with Crippen LogP contribution in [0.15, 0.2) is 18.2 Å². The molecule has 1 aromatic carbocycles. The Morgan fingerprint density at radius 2 is 2.17 bits per heavy atom. The van der Waals surface area contributed by atoms with E-state index in [-0.39, 0.29) is 5.75 Å². The fourth-order valence-corrected chi connectivity index (χ4v) is 2.69. The molecule has 6 nitrogen and oxygen atoms in total. The second kappa shape index (κ2) is 8.24. The number of hydrogen-bond donors (Lipinski definition) is 1. The molecule has 2 rings (SSSR count). The van der Waals surface area contributed by atoms with Crippen LogP contribution in [0.2, 0.25) is 0 Å². The van der Waals surface area contributed by atoms with Gasteiger partial charge in [0.15, 0.2) is 11.6 Å². The van der Waals surface area contributed by atoms with Crippen LogP contribution in [0.5, 0.6) is 5.75 Å². The quantitative estimate of drug-likeness (QED) is 0.813. The smallest absolute Gasteiger partial charge is 0.325 e. The number of benzene rings is 1. The predicted molar refractivity (Wildman–Crippen MR) is 83.2 cm³/mol. The molecule has 1 aromatic rings. The Hall–Kier alpha value is -1.70. The first kappa shape index (κ1) is 17.7. The van der Waals surface area contributed by atoms with Crippen molar-refractivity contribution in [2.75, 3.05) is 53.6 Å². The summed E-state index contributed by atoms with van der Waals surface area (Å²) in [5.74, 6) is -1.45. The number of methoxy groups -OCH3 is 1. The summed E-state index contributed by atoms with van der Waals surface area (Å²) in [6.07, 6.45) is 0. The fourth-order valence-electron chi connectivity index (χ4n) is 2.69. The Morgan fingerprint density at radius 3 is 2.74 bits per heavy atom. The topological polar surface area (TPSA) is 62.2 Å². The molecule has 1 fully saturated rings. The Balaban J connectivity index is 2.04. The van der Waals surface area contributed by atoms with Crippen molar-refractivity contribution in [3.63, 3.8) is 0 Å². The van der Waals surface area contributed by atoms with Gasteiger partial charge < -0.3 is 14.6 Å². The SMILES string of the molecule is COc1ccc(C(C(=O)O)N(C)CCN2CCOCC2)cc1F. The summed E-state index contributed by atoms with van der Waals surface area (Å²) in [7, 11) is 3.11. The number of rotatable bonds is 7. The van der Waals surface area contributed by atoms with Gasteiger partial charge >= 0.3 is 5.97 Å². The number of carbonyl (C=O) groups is 1. The Kier molecular flexibility index (Phi) is 6.32. The molecular formula is C16H23FN2O4. The van der Waals surface area contributed by atoms with Crippen molar-refractivity contribution in [3.05, 3.63) is 29.6 Å². The molecule has 0 aromatic heterocycles. The lowest BCUT2D eigenvalue weighted by atomic mass is 10.1. The van der Waals surface area contributed by atoms with Crippen molar-refractivity contribution in [1.82, 2.24) is 9.80 Å².